The molecule has 2 amide bonds. The molecule has 0 saturated carbocycles. The van der Waals surface area contributed by atoms with E-state index in [0.29, 0.717) is 6.42 Å². The summed E-state index contributed by atoms with van der Waals surface area (Å²) < 4.78 is 0. The van der Waals surface area contributed by atoms with Gasteiger partial charge in [0, 0.05) is 31.6 Å². The summed E-state index contributed by atoms with van der Waals surface area (Å²) in [6.07, 6.45) is 4.57. The van der Waals surface area contributed by atoms with Gasteiger partial charge in [-0.1, -0.05) is 48.5 Å². The second-order valence-corrected chi connectivity index (χ2v) is 7.80. The van der Waals surface area contributed by atoms with Gasteiger partial charge in [-0.25, -0.2) is 0 Å². The van der Waals surface area contributed by atoms with Crippen molar-refractivity contribution < 1.29 is 9.59 Å². The van der Waals surface area contributed by atoms with Gasteiger partial charge in [0.15, 0.2) is 0 Å². The van der Waals surface area contributed by atoms with E-state index in [9.17, 15) is 9.59 Å². The number of nitrogens with zero attached hydrogens (tertiary/aromatic N) is 1. The van der Waals surface area contributed by atoms with Gasteiger partial charge in [0.05, 0.1) is 0 Å². The van der Waals surface area contributed by atoms with Crippen LogP contribution in [-0.4, -0.2) is 36.3 Å². The van der Waals surface area contributed by atoms with Crippen molar-refractivity contribution in [1.29, 1.82) is 0 Å². The first-order valence-corrected chi connectivity index (χ1v) is 9.87. The van der Waals surface area contributed by atoms with E-state index in [4.69, 9.17) is 0 Å². The fourth-order valence-corrected chi connectivity index (χ4v) is 4.45. The van der Waals surface area contributed by atoms with E-state index in [2.05, 4.69) is 5.32 Å². The van der Waals surface area contributed by atoms with Crippen LogP contribution in [0, 0.1) is 5.41 Å². The molecule has 4 heteroatoms. The number of amides is 2. The molecule has 2 aliphatic rings. The van der Waals surface area contributed by atoms with E-state index < -0.39 is 0 Å². The summed E-state index contributed by atoms with van der Waals surface area (Å²) in [5.74, 6) is 0.286. The van der Waals surface area contributed by atoms with Crippen molar-refractivity contribution in [1.82, 2.24) is 10.2 Å². The highest BCUT2D eigenvalue weighted by molar-refractivity contribution is 6.01. The molecule has 27 heavy (non-hydrogen) atoms. The van der Waals surface area contributed by atoms with Gasteiger partial charge in [0.1, 0.15) is 0 Å². The summed E-state index contributed by atoms with van der Waals surface area (Å²) in [5, 5.41) is 2.98. The lowest BCUT2D eigenvalue weighted by Gasteiger charge is -2.41. The van der Waals surface area contributed by atoms with Gasteiger partial charge >= 0.3 is 0 Å². The summed E-state index contributed by atoms with van der Waals surface area (Å²) in [6.45, 7) is 2.32. The standard InChI is InChI=1S/C23H26N2O2/c26-21-10-11-23(12-15-24-21)13-16-25(17-14-23)22(27)20-9-5-4-8-19(20)18-6-2-1-3-7-18/h1-9H,10-17H2,(H,24,26). The van der Waals surface area contributed by atoms with Crippen LogP contribution in [0.1, 0.15) is 42.5 Å². The number of hydrogen-bond donors (Lipinski definition) is 1. The van der Waals surface area contributed by atoms with Gasteiger partial charge in [-0.2, -0.15) is 0 Å². The summed E-state index contributed by atoms with van der Waals surface area (Å²) >= 11 is 0. The molecule has 0 atom stereocenters. The first kappa shape index (κ1) is 17.8. The Bertz CT molecular complexity index is 823. The first-order chi connectivity index (χ1) is 13.2. The van der Waals surface area contributed by atoms with Gasteiger partial charge < -0.3 is 10.2 Å². The molecule has 4 rings (SSSR count). The first-order valence-electron chi connectivity index (χ1n) is 9.87. The Kier molecular flexibility index (Phi) is 4.97. The molecule has 0 bridgehead atoms. The molecule has 1 spiro atoms. The molecule has 4 nitrogen and oxygen atoms in total. The van der Waals surface area contributed by atoms with Gasteiger partial charge in [-0.3, -0.25) is 9.59 Å². The summed E-state index contributed by atoms with van der Waals surface area (Å²) in [5.41, 5.74) is 3.06. The average molecular weight is 362 g/mol. The molecule has 0 unspecified atom stereocenters. The molecule has 140 valence electrons. The Morgan fingerprint density at radius 2 is 1.59 bits per heavy atom. The van der Waals surface area contributed by atoms with E-state index >= 15 is 0 Å². The van der Waals surface area contributed by atoms with Crippen LogP contribution in [0.3, 0.4) is 0 Å². The van der Waals surface area contributed by atoms with Crippen molar-refractivity contribution in [2.45, 2.75) is 32.1 Å². The van der Waals surface area contributed by atoms with Crippen molar-refractivity contribution in [3.8, 4) is 11.1 Å². The fourth-order valence-electron chi connectivity index (χ4n) is 4.45. The third kappa shape index (κ3) is 3.75. The van der Waals surface area contributed by atoms with Crippen molar-refractivity contribution in [3.63, 3.8) is 0 Å². The second kappa shape index (κ2) is 7.55. The highest BCUT2D eigenvalue weighted by Gasteiger charge is 2.37. The lowest BCUT2D eigenvalue weighted by atomic mass is 9.73. The smallest absolute Gasteiger partial charge is 0.254 e. The van der Waals surface area contributed by atoms with E-state index in [1.165, 1.54) is 0 Å². The molecular formula is C23H26N2O2. The number of piperidine rings is 1. The fraction of sp³-hybridized carbons (Fsp3) is 0.391. The second-order valence-electron chi connectivity index (χ2n) is 7.80. The minimum atomic E-state index is 0.118. The maximum atomic E-state index is 13.2. The zero-order valence-electron chi connectivity index (χ0n) is 15.6. The zero-order chi connectivity index (χ0) is 18.7. The SMILES string of the molecule is O=C1CCC2(CCN1)CCN(C(=O)c1ccccc1-c1ccccc1)CC2. The highest BCUT2D eigenvalue weighted by atomic mass is 16.2. The van der Waals surface area contributed by atoms with Crippen molar-refractivity contribution in [2.75, 3.05) is 19.6 Å². The third-order valence-corrected chi connectivity index (χ3v) is 6.21. The molecule has 2 aromatic carbocycles. The van der Waals surface area contributed by atoms with E-state index in [0.717, 1.165) is 62.0 Å². The molecule has 0 radical (unpaired) electrons. The van der Waals surface area contributed by atoms with Gasteiger partial charge in [0.25, 0.3) is 5.91 Å². The number of carbonyl (C=O) groups is 2. The Hall–Kier alpha value is -2.62. The lowest BCUT2D eigenvalue weighted by molar-refractivity contribution is -0.121. The normalized spacial score (nSPS) is 19.4. The average Bonchev–Trinajstić information content (AvgIpc) is 2.90. The van der Waals surface area contributed by atoms with Gasteiger partial charge in [0.2, 0.25) is 5.91 Å². The third-order valence-electron chi connectivity index (χ3n) is 6.21. The Morgan fingerprint density at radius 1 is 0.889 bits per heavy atom. The lowest BCUT2D eigenvalue weighted by Crippen LogP contribution is -2.43. The van der Waals surface area contributed by atoms with Crippen LogP contribution < -0.4 is 5.32 Å². The number of carbonyl (C=O) groups excluding carboxylic acids is 2. The number of hydrogen-bond acceptors (Lipinski definition) is 2. The molecule has 1 N–H and O–H groups in total. The Balaban J connectivity index is 1.50. The molecule has 2 aliphatic heterocycles. The molecule has 2 saturated heterocycles. The highest BCUT2D eigenvalue weighted by Crippen LogP contribution is 2.40. The number of nitrogens with one attached hydrogen (secondary N) is 1. The molecule has 0 aromatic heterocycles. The van der Waals surface area contributed by atoms with E-state index in [-0.39, 0.29) is 17.2 Å². The quantitative estimate of drug-likeness (QED) is 0.881. The van der Waals surface area contributed by atoms with Crippen molar-refractivity contribution in [2.24, 2.45) is 5.41 Å². The predicted molar refractivity (Wildman–Crippen MR) is 106 cm³/mol. The number of benzene rings is 2. The van der Waals surface area contributed by atoms with Crippen LogP contribution in [0.25, 0.3) is 11.1 Å². The number of likely N-dealkylation sites (tertiary alicyclic amines) is 1. The monoisotopic (exact) mass is 362 g/mol. The van der Waals surface area contributed by atoms with Gasteiger partial charge in [-0.05, 0) is 48.3 Å². The topological polar surface area (TPSA) is 49.4 Å². The molecule has 2 heterocycles. The van der Waals surface area contributed by atoms with Crippen LogP contribution in [0.2, 0.25) is 0 Å². The van der Waals surface area contributed by atoms with Crippen LogP contribution in [0.15, 0.2) is 54.6 Å². The number of rotatable bonds is 2. The summed E-state index contributed by atoms with van der Waals surface area (Å²) in [4.78, 5) is 26.9. The van der Waals surface area contributed by atoms with Crippen LogP contribution >= 0.6 is 0 Å². The summed E-state index contributed by atoms with van der Waals surface area (Å²) in [7, 11) is 0. The minimum Gasteiger partial charge on any atom is -0.356 e. The van der Waals surface area contributed by atoms with E-state index in [1.54, 1.807) is 0 Å². The Morgan fingerprint density at radius 3 is 2.37 bits per heavy atom. The van der Waals surface area contributed by atoms with Crippen molar-refractivity contribution in [3.05, 3.63) is 60.2 Å². The predicted octanol–water partition coefficient (Wildman–Crippen LogP) is 3.88. The molecule has 2 aromatic rings. The van der Waals surface area contributed by atoms with Crippen LogP contribution in [-0.2, 0) is 4.79 Å². The Labute approximate surface area is 160 Å². The molecular weight excluding hydrogens is 336 g/mol. The molecule has 2 fully saturated rings. The zero-order valence-corrected chi connectivity index (χ0v) is 15.6. The van der Waals surface area contributed by atoms with Gasteiger partial charge in [-0.15, -0.1) is 0 Å². The maximum Gasteiger partial charge on any atom is 0.254 e. The summed E-state index contributed by atoms with van der Waals surface area (Å²) in [6, 6.07) is 18.0. The van der Waals surface area contributed by atoms with Crippen molar-refractivity contribution >= 4 is 11.8 Å². The minimum absolute atomic E-state index is 0.118. The van der Waals surface area contributed by atoms with Crippen LogP contribution in [0.5, 0.6) is 0 Å². The van der Waals surface area contributed by atoms with E-state index in [1.807, 2.05) is 59.5 Å². The largest absolute Gasteiger partial charge is 0.356 e. The van der Waals surface area contributed by atoms with Crippen LogP contribution in [0.4, 0.5) is 0 Å². The maximum absolute atomic E-state index is 13.2. The molecule has 0 aliphatic carbocycles.